The fraction of sp³-hybridized carbons (Fsp3) is 0.351. The fourth-order valence-electron chi connectivity index (χ4n) is 11.2. The Bertz CT molecular complexity index is 3470. The van der Waals surface area contributed by atoms with Crippen LogP contribution >= 0.6 is 113 Å². The number of carbonyl (C=O) groups excluding carboxylic acids is 5. The van der Waals surface area contributed by atoms with E-state index in [1.54, 1.807) is 74.9 Å². The van der Waals surface area contributed by atoms with E-state index in [0.29, 0.717) is 29.6 Å². The lowest BCUT2D eigenvalue weighted by Gasteiger charge is -2.25. The molecule has 0 radical (unpaired) electrons. The molecule has 4 aliphatic rings. The molecule has 17 heteroatoms. The summed E-state index contributed by atoms with van der Waals surface area (Å²) in [5.41, 5.74) is 14.7. The summed E-state index contributed by atoms with van der Waals surface area (Å²) in [6.07, 6.45) is 1.88. The van der Waals surface area contributed by atoms with Crippen molar-refractivity contribution in [2.45, 2.75) is 105 Å². The number of ether oxygens (including phenoxy) is 3. The van der Waals surface area contributed by atoms with Crippen LogP contribution in [-0.2, 0) is 40.7 Å². The van der Waals surface area contributed by atoms with E-state index in [1.165, 1.54) is 95.7 Å². The van der Waals surface area contributed by atoms with Crippen LogP contribution in [0.5, 0.6) is 0 Å². The number of rotatable bonds is 8. The summed E-state index contributed by atoms with van der Waals surface area (Å²) in [7, 11) is 0. The Kier molecular flexibility index (Phi) is 14.6. The zero-order valence-corrected chi connectivity index (χ0v) is 50.8. The van der Waals surface area contributed by atoms with Gasteiger partial charge in [-0.25, -0.2) is 9.59 Å². The zero-order valence-electron chi connectivity index (χ0n) is 41.9. The van der Waals surface area contributed by atoms with Crippen molar-refractivity contribution in [3.63, 3.8) is 0 Å². The third-order valence-corrected chi connectivity index (χ3v) is 24.2. The largest absolute Gasteiger partial charge is 0.465 e. The van der Waals surface area contributed by atoms with E-state index < -0.39 is 0 Å². The Morgan fingerprint density at radius 3 is 1.09 bits per heavy atom. The Labute approximate surface area is 477 Å². The van der Waals surface area contributed by atoms with Gasteiger partial charge in [-0.05, 0) is 156 Å². The molecule has 0 fully saturated rings. The van der Waals surface area contributed by atoms with E-state index in [4.69, 9.17) is 9.47 Å². The second-order valence-corrected chi connectivity index (χ2v) is 28.4. The van der Waals surface area contributed by atoms with Gasteiger partial charge in [-0.15, -0.1) is 68.0 Å². The number of hydrogen-bond acceptors (Lipinski definition) is 15. The first-order chi connectivity index (χ1) is 34.5. The summed E-state index contributed by atoms with van der Waals surface area (Å²) in [4.78, 5) is 65.9. The number of carbonyl (C=O) groups is 5. The van der Waals surface area contributed by atoms with Crippen molar-refractivity contribution in [2.24, 2.45) is 0 Å². The van der Waals surface area contributed by atoms with E-state index >= 15 is 0 Å². The van der Waals surface area contributed by atoms with E-state index in [1.807, 2.05) is 26.0 Å². The molecule has 0 unspecified atom stereocenters. The van der Waals surface area contributed by atoms with Gasteiger partial charge >= 0.3 is 17.9 Å². The fourth-order valence-corrected chi connectivity index (χ4v) is 21.7. The highest BCUT2D eigenvalue weighted by molar-refractivity contribution is 9.11. The average molecular weight is 1250 g/mol. The van der Waals surface area contributed by atoms with Crippen molar-refractivity contribution in [3.05, 3.63) is 109 Å². The second-order valence-electron chi connectivity index (χ2n) is 20.2. The molecule has 12 rings (SSSR count). The highest BCUT2D eigenvalue weighted by Gasteiger charge is 2.48. The highest BCUT2D eigenvalue weighted by atomic mass is 79.9. The maximum atomic E-state index is 12.4. The van der Waals surface area contributed by atoms with Crippen molar-refractivity contribution in [1.29, 1.82) is 0 Å². The molecule has 8 aromatic rings. The van der Waals surface area contributed by atoms with Crippen LogP contribution in [0.3, 0.4) is 0 Å². The summed E-state index contributed by atoms with van der Waals surface area (Å²) in [6.45, 7) is 24.8. The van der Waals surface area contributed by atoms with Crippen molar-refractivity contribution in [2.75, 3.05) is 25.6 Å². The van der Waals surface area contributed by atoms with E-state index in [2.05, 4.69) is 129 Å². The quantitative estimate of drug-likeness (QED) is 0.0693. The number of thiophene rings is 6. The molecule has 0 aliphatic heterocycles. The number of aldehydes is 2. The third kappa shape index (κ3) is 8.09. The lowest BCUT2D eigenvalue weighted by Crippen LogP contribution is -2.17. The SMILES string of the molecule is C.CC1(C)c2cc3c(cc2-c2sc(C=O)c(Br)c21)C(C)(C)c1c-3sc(C=O)c1Br.CCOC(=O)CS.CCOC(=O)c1cc2sc3c(c2s1)C(C)(C)c1cc2c(cc1-3)C(C)(C)c1c-2sc2cc(C(=O)OCC)sc12. The molecule has 386 valence electrons. The van der Waals surface area contributed by atoms with Gasteiger partial charge in [-0.3, -0.25) is 14.4 Å². The summed E-state index contributed by atoms with van der Waals surface area (Å²) >= 11 is 20.8. The minimum atomic E-state index is -0.258. The predicted molar refractivity (Wildman–Crippen MR) is 321 cm³/mol. The lowest BCUT2D eigenvalue weighted by molar-refractivity contribution is -0.139. The number of thiol groups is 1. The van der Waals surface area contributed by atoms with Gasteiger partial charge in [-0.1, -0.05) is 62.8 Å². The molecular weight excluding hydrogens is 1200 g/mol. The van der Waals surface area contributed by atoms with Gasteiger partial charge in [0.05, 0.1) is 44.7 Å². The molecule has 0 atom stereocenters. The van der Waals surface area contributed by atoms with Gasteiger partial charge in [-0.2, -0.15) is 12.6 Å². The second kappa shape index (κ2) is 19.6. The molecule has 0 amide bonds. The standard InChI is InChI=1S/C30H26O4S4.C22H16Br2O2S2.C4H8O2S.CH4/c1-7-33-27(31)19-11-17-25(37-19)21-23(35-17)13-9-16-14(10-15(13)29(21,3)4)24-22(30(16,5)6)26-18(36-24)12-20(38-26)28(32)34-8-2;1-21(2)11-5-10-12(6-9(11)19-15(21)17(23)13(7-25)27-19)22(3,4)16-18(24)14(8-26)28-20(10)16;1-2-6-4(5)3-7;/h9-12H,7-8H2,1-6H3;5-8H,1-4H3;7H,2-3H2,1H3;1H4. The molecule has 0 N–H and O–H groups in total. The first-order valence-corrected chi connectivity index (χ1v) is 30.8. The Morgan fingerprint density at radius 2 is 0.811 bits per heavy atom. The minimum Gasteiger partial charge on any atom is -0.465 e. The van der Waals surface area contributed by atoms with Crippen molar-refractivity contribution in [1.82, 2.24) is 0 Å². The summed E-state index contributed by atoms with van der Waals surface area (Å²) in [6, 6.07) is 13.5. The van der Waals surface area contributed by atoms with Crippen LogP contribution in [0.4, 0.5) is 0 Å². The maximum absolute atomic E-state index is 12.4. The number of esters is 3. The van der Waals surface area contributed by atoms with Crippen LogP contribution in [0, 0.1) is 0 Å². The summed E-state index contributed by atoms with van der Waals surface area (Å²) in [5, 5.41) is 0. The molecule has 0 saturated heterocycles. The summed E-state index contributed by atoms with van der Waals surface area (Å²) in [5.74, 6) is -0.556. The van der Waals surface area contributed by atoms with Crippen LogP contribution in [0.1, 0.15) is 167 Å². The van der Waals surface area contributed by atoms with Crippen LogP contribution in [0.2, 0.25) is 0 Å². The number of benzene rings is 2. The van der Waals surface area contributed by atoms with Crippen molar-refractivity contribution in [3.8, 4) is 41.8 Å². The molecule has 2 aromatic carbocycles. The first kappa shape index (κ1) is 55.0. The monoisotopic (exact) mass is 1250 g/mol. The van der Waals surface area contributed by atoms with E-state index in [0.717, 1.165) is 40.7 Å². The van der Waals surface area contributed by atoms with Gasteiger partial charge in [0.25, 0.3) is 0 Å². The average Bonchev–Trinajstić information content (AvgIpc) is 4.23. The number of halogens is 2. The Hall–Kier alpha value is -3.78. The highest BCUT2D eigenvalue weighted by Crippen LogP contribution is 2.64. The van der Waals surface area contributed by atoms with E-state index in [9.17, 15) is 24.0 Å². The molecule has 0 spiro atoms. The normalized spacial score (nSPS) is 15.4. The first-order valence-electron chi connectivity index (χ1n) is 23.7. The Morgan fingerprint density at radius 1 is 0.500 bits per heavy atom. The van der Waals surface area contributed by atoms with Gasteiger partial charge < -0.3 is 14.2 Å². The van der Waals surface area contributed by atoms with Crippen LogP contribution in [0.25, 0.3) is 60.6 Å². The maximum Gasteiger partial charge on any atom is 0.348 e. The summed E-state index contributed by atoms with van der Waals surface area (Å²) < 4.78 is 21.6. The van der Waals surface area contributed by atoms with Crippen LogP contribution < -0.4 is 0 Å². The topological polar surface area (TPSA) is 113 Å². The molecular formula is C57H54Br2O8S7. The van der Waals surface area contributed by atoms with Crippen molar-refractivity contribution < 1.29 is 38.2 Å². The minimum absolute atomic E-state index is 0. The zero-order chi connectivity index (χ0) is 52.6. The molecule has 6 aromatic heterocycles. The molecule has 6 heterocycles. The van der Waals surface area contributed by atoms with E-state index in [-0.39, 0.29) is 52.7 Å². The third-order valence-electron chi connectivity index (χ3n) is 14.6. The van der Waals surface area contributed by atoms with Gasteiger partial charge in [0.15, 0.2) is 12.6 Å². The molecule has 0 bridgehead atoms. The van der Waals surface area contributed by atoms with Crippen LogP contribution in [0.15, 0.2) is 45.3 Å². The molecule has 8 nitrogen and oxygen atoms in total. The van der Waals surface area contributed by atoms with Gasteiger partial charge in [0, 0.05) is 59.5 Å². The molecule has 0 saturated carbocycles. The number of hydrogen-bond donors (Lipinski definition) is 1. The molecule has 74 heavy (non-hydrogen) atoms. The molecule has 4 aliphatic carbocycles. The Balaban J connectivity index is 0.000000165. The van der Waals surface area contributed by atoms with Crippen molar-refractivity contribution >= 4 is 162 Å². The van der Waals surface area contributed by atoms with Gasteiger partial charge in [0.1, 0.15) is 9.75 Å². The predicted octanol–water partition coefficient (Wildman–Crippen LogP) is 17.9. The van der Waals surface area contributed by atoms with Gasteiger partial charge in [0.2, 0.25) is 0 Å². The smallest absolute Gasteiger partial charge is 0.348 e. The van der Waals surface area contributed by atoms with Crippen LogP contribution in [-0.4, -0.2) is 56.1 Å². The number of fused-ring (bicyclic) bond motifs is 16. The lowest BCUT2D eigenvalue weighted by atomic mass is 9.79.